The third-order valence-corrected chi connectivity index (χ3v) is 5.18. The molecule has 0 radical (unpaired) electrons. The predicted molar refractivity (Wildman–Crippen MR) is 114 cm³/mol. The van der Waals surface area contributed by atoms with Gasteiger partial charge in [0.1, 0.15) is 5.25 Å². The molecule has 1 unspecified atom stereocenters. The van der Waals surface area contributed by atoms with Crippen molar-refractivity contribution in [2.75, 3.05) is 31.0 Å². The van der Waals surface area contributed by atoms with E-state index >= 15 is 0 Å². The first-order valence-corrected chi connectivity index (χ1v) is 9.90. The fourth-order valence-electron chi connectivity index (χ4n) is 2.45. The quantitative estimate of drug-likeness (QED) is 0.538. The van der Waals surface area contributed by atoms with E-state index in [1.54, 1.807) is 63.4 Å². The summed E-state index contributed by atoms with van der Waals surface area (Å²) in [5.41, 5.74) is 1.68. The molecule has 2 aromatic carbocycles. The van der Waals surface area contributed by atoms with E-state index in [9.17, 15) is 14.4 Å². The van der Waals surface area contributed by atoms with Gasteiger partial charge in [0, 0.05) is 23.3 Å². The van der Waals surface area contributed by atoms with Crippen molar-refractivity contribution >= 4 is 41.1 Å². The number of methoxy groups -OCH3 is 1. The fraction of sp³-hybridized carbons (Fsp3) is 0.286. The van der Waals surface area contributed by atoms with Gasteiger partial charge in [-0.05, 0) is 50.2 Å². The number of nitrogens with zero attached hydrogens (tertiary/aromatic N) is 1. The molecule has 29 heavy (non-hydrogen) atoms. The van der Waals surface area contributed by atoms with Gasteiger partial charge in [-0.25, -0.2) is 4.79 Å². The van der Waals surface area contributed by atoms with Crippen LogP contribution in [0.25, 0.3) is 0 Å². The Bertz CT molecular complexity index is 870. The smallest absolute Gasteiger partial charge is 0.413 e. The first-order chi connectivity index (χ1) is 13.9. The molecule has 1 atom stereocenters. The van der Waals surface area contributed by atoms with Crippen molar-refractivity contribution in [3.05, 3.63) is 54.1 Å². The van der Waals surface area contributed by atoms with Gasteiger partial charge in [-0.3, -0.25) is 14.5 Å². The summed E-state index contributed by atoms with van der Waals surface area (Å²) >= 11 is 1.26. The molecule has 7 nitrogen and oxygen atoms in total. The highest BCUT2D eigenvalue weighted by Gasteiger charge is 2.19. The second-order valence-corrected chi connectivity index (χ2v) is 7.42. The third kappa shape index (κ3) is 5.99. The molecular weight excluding hydrogens is 392 g/mol. The molecule has 154 valence electrons. The van der Waals surface area contributed by atoms with Crippen LogP contribution in [0.15, 0.2) is 53.4 Å². The second kappa shape index (κ2) is 10.5. The van der Waals surface area contributed by atoms with E-state index in [0.29, 0.717) is 28.4 Å². The van der Waals surface area contributed by atoms with Crippen molar-refractivity contribution in [1.82, 2.24) is 0 Å². The molecule has 0 saturated heterocycles. The van der Waals surface area contributed by atoms with Gasteiger partial charge in [-0.15, -0.1) is 11.8 Å². The van der Waals surface area contributed by atoms with Crippen LogP contribution in [0.2, 0.25) is 0 Å². The first kappa shape index (κ1) is 22.3. The molecular formula is C21H24N2O5S. The highest BCUT2D eigenvalue weighted by atomic mass is 32.2. The van der Waals surface area contributed by atoms with Crippen LogP contribution in [0.4, 0.5) is 16.2 Å². The van der Waals surface area contributed by atoms with Crippen LogP contribution < -0.4 is 10.2 Å². The molecule has 0 aliphatic heterocycles. The molecule has 1 N–H and O–H groups in total. The highest BCUT2D eigenvalue weighted by molar-refractivity contribution is 8.00. The normalized spacial score (nSPS) is 11.3. The first-order valence-electron chi connectivity index (χ1n) is 9.02. The summed E-state index contributed by atoms with van der Waals surface area (Å²) in [5, 5.41) is 2.39. The summed E-state index contributed by atoms with van der Waals surface area (Å²) in [5.74, 6) is -0.650. The molecule has 2 aromatic rings. The number of thioether (sulfide) groups is 1. The maximum atomic E-state index is 12.7. The number of anilines is 2. The van der Waals surface area contributed by atoms with E-state index < -0.39 is 11.3 Å². The van der Waals surface area contributed by atoms with Gasteiger partial charge >= 0.3 is 12.1 Å². The van der Waals surface area contributed by atoms with E-state index in [1.807, 2.05) is 6.07 Å². The molecule has 0 bridgehead atoms. The van der Waals surface area contributed by atoms with E-state index in [-0.39, 0.29) is 11.9 Å². The number of esters is 1. The Hall–Kier alpha value is -3.00. The molecule has 2 rings (SSSR count). The summed E-state index contributed by atoms with van der Waals surface area (Å²) in [4.78, 5) is 38.3. The fourth-order valence-corrected chi connectivity index (χ4v) is 3.47. The van der Waals surface area contributed by atoms with Gasteiger partial charge < -0.3 is 14.8 Å². The van der Waals surface area contributed by atoms with Crippen LogP contribution in [0.1, 0.15) is 24.2 Å². The molecule has 0 fully saturated rings. The number of ether oxygens (including phenoxy) is 2. The molecule has 0 heterocycles. The Labute approximate surface area is 174 Å². The van der Waals surface area contributed by atoms with Gasteiger partial charge in [-0.1, -0.05) is 12.1 Å². The van der Waals surface area contributed by atoms with Crippen LogP contribution >= 0.6 is 11.8 Å². The van der Waals surface area contributed by atoms with Gasteiger partial charge in [0.25, 0.3) is 5.91 Å². The molecule has 0 aromatic heterocycles. The van der Waals surface area contributed by atoms with E-state index in [4.69, 9.17) is 9.47 Å². The van der Waals surface area contributed by atoms with Crippen LogP contribution in [-0.4, -0.2) is 44.0 Å². The van der Waals surface area contributed by atoms with Gasteiger partial charge in [-0.2, -0.15) is 0 Å². The van der Waals surface area contributed by atoms with Crippen molar-refractivity contribution in [2.24, 2.45) is 0 Å². The molecule has 0 aliphatic rings. The minimum atomic E-state index is -0.449. The van der Waals surface area contributed by atoms with E-state index in [2.05, 4.69) is 5.32 Å². The van der Waals surface area contributed by atoms with E-state index in [1.165, 1.54) is 23.8 Å². The lowest BCUT2D eigenvalue weighted by atomic mass is 10.2. The van der Waals surface area contributed by atoms with Crippen LogP contribution in [-0.2, 0) is 14.3 Å². The Balaban J connectivity index is 2.11. The zero-order valence-electron chi connectivity index (χ0n) is 16.8. The minimum Gasteiger partial charge on any atom is -0.468 e. The average molecular weight is 416 g/mol. The average Bonchev–Trinajstić information content (AvgIpc) is 2.73. The summed E-state index contributed by atoms with van der Waals surface area (Å²) in [7, 11) is 2.95. The number of hydrogen-bond acceptors (Lipinski definition) is 6. The van der Waals surface area contributed by atoms with E-state index in [0.717, 1.165) is 0 Å². The minimum absolute atomic E-state index is 0.295. The third-order valence-electron chi connectivity index (χ3n) is 4.02. The van der Waals surface area contributed by atoms with Gasteiger partial charge in [0.2, 0.25) is 0 Å². The summed E-state index contributed by atoms with van der Waals surface area (Å²) in [6.45, 7) is 3.76. The molecule has 2 amide bonds. The number of carbonyl (C=O) groups is 3. The van der Waals surface area contributed by atoms with Gasteiger partial charge in [0.15, 0.2) is 0 Å². The number of amides is 2. The number of rotatable bonds is 7. The van der Waals surface area contributed by atoms with Crippen LogP contribution in [0.3, 0.4) is 0 Å². The van der Waals surface area contributed by atoms with Gasteiger partial charge in [0.05, 0.1) is 19.3 Å². The second-order valence-electron chi connectivity index (χ2n) is 6.04. The summed E-state index contributed by atoms with van der Waals surface area (Å²) in [6, 6.07) is 13.9. The lowest BCUT2D eigenvalue weighted by Gasteiger charge is -2.17. The maximum Gasteiger partial charge on any atom is 0.413 e. The zero-order valence-corrected chi connectivity index (χ0v) is 17.6. The predicted octanol–water partition coefficient (Wildman–Crippen LogP) is 4.19. The Morgan fingerprint density at radius 3 is 2.38 bits per heavy atom. The van der Waals surface area contributed by atoms with Crippen LogP contribution in [0.5, 0.6) is 0 Å². The summed E-state index contributed by atoms with van der Waals surface area (Å²) < 4.78 is 9.71. The monoisotopic (exact) mass is 416 g/mol. The van der Waals surface area contributed by atoms with Crippen molar-refractivity contribution in [2.45, 2.75) is 24.0 Å². The SMILES string of the molecule is CCOC(=O)N(C)c1ccc(NC(=O)c2ccccc2SC(C)C(=O)OC)cc1. The molecule has 0 spiro atoms. The van der Waals surface area contributed by atoms with Crippen molar-refractivity contribution in [1.29, 1.82) is 0 Å². The molecule has 0 aliphatic carbocycles. The topological polar surface area (TPSA) is 84.9 Å². The number of benzene rings is 2. The lowest BCUT2D eigenvalue weighted by Crippen LogP contribution is -2.26. The van der Waals surface area contributed by atoms with Crippen LogP contribution in [0, 0.1) is 0 Å². The highest BCUT2D eigenvalue weighted by Crippen LogP contribution is 2.28. The standard InChI is InChI=1S/C21H24N2O5S/c1-5-28-21(26)23(3)16-12-10-15(11-13-16)22-19(24)17-8-6-7-9-18(17)29-14(2)20(25)27-4/h6-14H,5H2,1-4H3,(H,22,24). The van der Waals surface area contributed by atoms with Crippen molar-refractivity contribution < 1.29 is 23.9 Å². The Morgan fingerprint density at radius 2 is 1.76 bits per heavy atom. The lowest BCUT2D eigenvalue weighted by molar-refractivity contribution is -0.139. The largest absolute Gasteiger partial charge is 0.468 e. The number of hydrogen-bond donors (Lipinski definition) is 1. The Kier molecular flexibility index (Phi) is 8.09. The maximum absolute atomic E-state index is 12.7. The van der Waals surface area contributed by atoms with Crippen molar-refractivity contribution in [3.8, 4) is 0 Å². The molecule has 8 heteroatoms. The van der Waals surface area contributed by atoms with Crippen molar-refractivity contribution in [3.63, 3.8) is 0 Å². The molecule has 0 saturated carbocycles. The number of carbonyl (C=O) groups excluding carboxylic acids is 3. The zero-order chi connectivity index (χ0) is 21.4. The number of nitrogens with one attached hydrogen (secondary N) is 1. The Morgan fingerprint density at radius 1 is 1.10 bits per heavy atom. The summed E-state index contributed by atoms with van der Waals surface area (Å²) in [6.07, 6.45) is -0.449.